The van der Waals surface area contributed by atoms with Crippen LogP contribution < -0.4 is 5.46 Å². The predicted octanol–water partition coefficient (Wildman–Crippen LogP) is 3.84. The predicted molar refractivity (Wildman–Crippen MR) is 98.1 cm³/mol. The average molecular weight is 308 g/mol. The van der Waals surface area contributed by atoms with Crippen LogP contribution in [0.1, 0.15) is 43.8 Å². The Hall–Kier alpha value is -1.55. The van der Waals surface area contributed by atoms with Gasteiger partial charge in [0, 0.05) is 10.3 Å². The van der Waals surface area contributed by atoms with Crippen molar-refractivity contribution in [3.8, 4) is 10.4 Å². The van der Waals surface area contributed by atoms with Gasteiger partial charge in [0.05, 0.1) is 11.7 Å². The molecule has 0 radical (unpaired) electrons. The largest absolute Gasteiger partial charge is 0.251 e. The molecular formula is C18H21BN2S. The molecule has 4 heteroatoms. The van der Waals surface area contributed by atoms with E-state index in [2.05, 4.69) is 49.8 Å². The molecule has 0 atom stereocenters. The summed E-state index contributed by atoms with van der Waals surface area (Å²) in [6.45, 7) is 2.15. The highest BCUT2D eigenvalue weighted by molar-refractivity contribution is 7.22. The summed E-state index contributed by atoms with van der Waals surface area (Å²) < 4.78 is 2.33. The fraction of sp³-hybridized carbons (Fsp3) is 0.389. The van der Waals surface area contributed by atoms with Crippen LogP contribution in [0.5, 0.6) is 0 Å². The third kappa shape index (κ3) is 2.39. The summed E-state index contributed by atoms with van der Waals surface area (Å²) in [5, 5.41) is 6.19. The molecule has 2 heterocycles. The Morgan fingerprint density at radius 2 is 1.86 bits per heavy atom. The molecule has 2 nitrogen and oxygen atoms in total. The van der Waals surface area contributed by atoms with Crippen molar-refractivity contribution >= 4 is 34.9 Å². The summed E-state index contributed by atoms with van der Waals surface area (Å²) in [5.74, 6) is 0. The van der Waals surface area contributed by atoms with E-state index in [1.807, 2.05) is 11.3 Å². The van der Waals surface area contributed by atoms with Crippen LogP contribution in [0.2, 0.25) is 0 Å². The third-order valence-corrected chi connectivity index (χ3v) is 6.00. The number of hydrogen-bond acceptors (Lipinski definition) is 2. The first-order valence-electron chi connectivity index (χ1n) is 8.28. The number of aromatic nitrogens is 2. The monoisotopic (exact) mass is 308 g/mol. The van der Waals surface area contributed by atoms with E-state index in [0.29, 0.717) is 6.04 Å². The van der Waals surface area contributed by atoms with Crippen LogP contribution in [0, 0.1) is 6.92 Å². The van der Waals surface area contributed by atoms with Crippen LogP contribution in [-0.2, 0) is 0 Å². The minimum atomic E-state index is 0.606. The fourth-order valence-electron chi connectivity index (χ4n) is 3.50. The zero-order valence-electron chi connectivity index (χ0n) is 13.3. The van der Waals surface area contributed by atoms with E-state index < -0.39 is 0 Å². The second-order valence-electron chi connectivity index (χ2n) is 6.52. The van der Waals surface area contributed by atoms with Gasteiger partial charge in [0.15, 0.2) is 0 Å². The van der Waals surface area contributed by atoms with Crippen molar-refractivity contribution in [1.29, 1.82) is 0 Å². The van der Waals surface area contributed by atoms with Crippen molar-refractivity contribution in [2.75, 3.05) is 0 Å². The van der Waals surface area contributed by atoms with Gasteiger partial charge in [-0.2, -0.15) is 5.10 Å². The Balaban J connectivity index is 1.78. The molecule has 0 unspecified atom stereocenters. The molecule has 0 aliphatic heterocycles. The highest BCUT2D eigenvalue weighted by atomic mass is 32.1. The zero-order chi connectivity index (χ0) is 15.1. The molecule has 1 saturated carbocycles. The van der Waals surface area contributed by atoms with Crippen LogP contribution in [0.4, 0.5) is 0 Å². The molecule has 1 aromatic carbocycles. The third-order valence-electron chi connectivity index (χ3n) is 4.82. The second-order valence-corrected chi connectivity index (χ2v) is 7.55. The average Bonchev–Trinajstić information content (AvgIpc) is 3.10. The fourth-order valence-corrected chi connectivity index (χ4v) is 4.74. The molecule has 1 aliphatic carbocycles. The number of fused-ring (bicyclic) bond motifs is 1. The van der Waals surface area contributed by atoms with Gasteiger partial charge >= 0.3 is 0 Å². The SMILES string of the molecule is Bc1ccc(-c2cc3c(C)nn(C4CCCCC4)c3s2)cc1. The van der Waals surface area contributed by atoms with E-state index in [9.17, 15) is 0 Å². The first kappa shape index (κ1) is 14.1. The highest BCUT2D eigenvalue weighted by Crippen LogP contribution is 2.38. The zero-order valence-corrected chi connectivity index (χ0v) is 14.1. The van der Waals surface area contributed by atoms with E-state index in [4.69, 9.17) is 5.10 Å². The number of nitrogens with zero attached hydrogens (tertiary/aromatic N) is 2. The number of aryl methyl sites for hydroxylation is 1. The van der Waals surface area contributed by atoms with Gasteiger partial charge < -0.3 is 0 Å². The summed E-state index contributed by atoms with van der Waals surface area (Å²) in [4.78, 5) is 2.72. The normalized spacial score (nSPS) is 16.4. The summed E-state index contributed by atoms with van der Waals surface area (Å²) in [5.41, 5.74) is 3.81. The lowest BCUT2D eigenvalue weighted by molar-refractivity contribution is 0.337. The maximum Gasteiger partial charge on any atom is 0.139 e. The number of benzene rings is 1. The Morgan fingerprint density at radius 3 is 2.59 bits per heavy atom. The van der Waals surface area contributed by atoms with Gasteiger partial charge in [0.1, 0.15) is 12.7 Å². The van der Waals surface area contributed by atoms with E-state index >= 15 is 0 Å². The molecule has 0 amide bonds. The number of hydrogen-bond donors (Lipinski definition) is 0. The Morgan fingerprint density at radius 1 is 1.14 bits per heavy atom. The van der Waals surface area contributed by atoms with Crippen LogP contribution in [0.3, 0.4) is 0 Å². The summed E-state index contributed by atoms with van der Waals surface area (Å²) in [6.07, 6.45) is 6.66. The number of rotatable bonds is 2. The van der Waals surface area contributed by atoms with Crippen molar-refractivity contribution in [3.05, 3.63) is 36.0 Å². The van der Waals surface area contributed by atoms with Crippen LogP contribution in [-0.4, -0.2) is 17.6 Å². The first-order valence-corrected chi connectivity index (χ1v) is 9.10. The van der Waals surface area contributed by atoms with Crippen LogP contribution in [0.15, 0.2) is 30.3 Å². The van der Waals surface area contributed by atoms with E-state index in [0.717, 1.165) is 0 Å². The molecule has 22 heavy (non-hydrogen) atoms. The molecule has 0 saturated heterocycles. The quantitative estimate of drug-likeness (QED) is 0.658. The lowest BCUT2D eigenvalue weighted by Gasteiger charge is -2.22. The Bertz CT molecular complexity index is 794. The van der Waals surface area contributed by atoms with Gasteiger partial charge in [-0.25, -0.2) is 0 Å². The lowest BCUT2D eigenvalue weighted by atomic mass is 9.95. The smallest absolute Gasteiger partial charge is 0.139 e. The summed E-state index contributed by atoms with van der Waals surface area (Å²) >= 11 is 1.90. The maximum atomic E-state index is 4.85. The van der Waals surface area contributed by atoms with Crippen LogP contribution >= 0.6 is 11.3 Å². The van der Waals surface area contributed by atoms with E-state index in [1.54, 1.807) is 0 Å². The van der Waals surface area contributed by atoms with E-state index in [1.165, 1.54) is 63.9 Å². The Kier molecular flexibility index (Phi) is 3.57. The van der Waals surface area contributed by atoms with E-state index in [-0.39, 0.29) is 0 Å². The topological polar surface area (TPSA) is 17.8 Å². The second kappa shape index (κ2) is 5.58. The molecule has 0 N–H and O–H groups in total. The minimum Gasteiger partial charge on any atom is -0.251 e. The highest BCUT2D eigenvalue weighted by Gasteiger charge is 2.21. The molecule has 112 valence electrons. The molecular weight excluding hydrogens is 287 g/mol. The van der Waals surface area contributed by atoms with Crippen LogP contribution in [0.25, 0.3) is 20.7 Å². The first-order chi connectivity index (χ1) is 10.7. The van der Waals surface area contributed by atoms with Gasteiger partial charge in [-0.1, -0.05) is 49.0 Å². The molecule has 3 aromatic rings. The Labute approximate surface area is 136 Å². The van der Waals surface area contributed by atoms with Gasteiger partial charge in [0.2, 0.25) is 0 Å². The van der Waals surface area contributed by atoms with Gasteiger partial charge in [-0.3, -0.25) is 4.68 Å². The van der Waals surface area contributed by atoms with Gasteiger partial charge in [-0.05, 0) is 31.4 Å². The molecule has 0 spiro atoms. The molecule has 4 rings (SSSR count). The maximum absolute atomic E-state index is 4.85. The van der Waals surface area contributed by atoms with Crippen molar-refractivity contribution in [3.63, 3.8) is 0 Å². The number of thiophene rings is 1. The minimum absolute atomic E-state index is 0.606. The lowest BCUT2D eigenvalue weighted by Crippen LogP contribution is -2.13. The van der Waals surface area contributed by atoms with Crippen molar-refractivity contribution in [2.45, 2.75) is 45.1 Å². The molecule has 2 aromatic heterocycles. The van der Waals surface area contributed by atoms with Crippen molar-refractivity contribution in [2.24, 2.45) is 0 Å². The molecule has 1 aliphatic rings. The van der Waals surface area contributed by atoms with Gasteiger partial charge in [0.25, 0.3) is 0 Å². The van der Waals surface area contributed by atoms with Crippen molar-refractivity contribution in [1.82, 2.24) is 9.78 Å². The summed E-state index contributed by atoms with van der Waals surface area (Å²) in [6, 6.07) is 11.8. The molecule has 1 fully saturated rings. The van der Waals surface area contributed by atoms with Gasteiger partial charge in [-0.15, -0.1) is 11.3 Å². The molecule has 0 bridgehead atoms. The van der Waals surface area contributed by atoms with Crippen molar-refractivity contribution < 1.29 is 0 Å². The summed E-state index contributed by atoms with van der Waals surface area (Å²) in [7, 11) is 2.14. The standard InChI is InChI=1S/C18H21BN2S/c1-12-16-11-17(13-7-9-14(19)10-8-13)22-18(16)21(20-12)15-5-3-2-4-6-15/h7-11,15H,2-6,19H2,1H3.